The van der Waals surface area contributed by atoms with E-state index in [4.69, 9.17) is 16.8 Å². The van der Waals surface area contributed by atoms with E-state index in [1.54, 1.807) is 24.3 Å². The normalized spacial score (nSPS) is 11.2. The Hall–Kier alpha value is -1.75. The van der Waals surface area contributed by atoms with Crippen LogP contribution < -0.4 is 17.0 Å². The Kier molecular flexibility index (Phi) is 2.49. The van der Waals surface area contributed by atoms with Crippen LogP contribution in [0.4, 0.5) is 5.69 Å². The van der Waals surface area contributed by atoms with Gasteiger partial charge in [0.1, 0.15) is 0 Å². The lowest BCUT2D eigenvalue weighted by molar-refractivity contribution is 0.318. The van der Waals surface area contributed by atoms with Gasteiger partial charge in [0.15, 0.2) is 5.84 Å². The maximum absolute atomic E-state index is 8.34. The van der Waals surface area contributed by atoms with Gasteiger partial charge in [-0.1, -0.05) is 5.16 Å². The smallest absolute Gasteiger partial charge is 0.170 e. The van der Waals surface area contributed by atoms with Crippen molar-refractivity contribution in [3.63, 3.8) is 0 Å². The zero-order chi connectivity index (χ0) is 8.97. The molecule has 1 aromatic carbocycles. The SMILES string of the molecule is NNc1ccc(/C(N)=N\O)cc1. The molecular weight excluding hydrogens is 156 g/mol. The summed E-state index contributed by atoms with van der Waals surface area (Å²) in [4.78, 5) is 0. The number of hydrogen-bond acceptors (Lipinski definition) is 4. The number of anilines is 1. The summed E-state index contributed by atoms with van der Waals surface area (Å²) in [6.07, 6.45) is 0. The molecule has 6 N–H and O–H groups in total. The summed E-state index contributed by atoms with van der Waals surface area (Å²) in [6.45, 7) is 0. The summed E-state index contributed by atoms with van der Waals surface area (Å²) in [5, 5.41) is 11.2. The van der Waals surface area contributed by atoms with Crippen molar-refractivity contribution >= 4 is 11.5 Å². The minimum Gasteiger partial charge on any atom is -0.409 e. The van der Waals surface area contributed by atoms with Crippen LogP contribution in [0.25, 0.3) is 0 Å². The van der Waals surface area contributed by atoms with Crippen molar-refractivity contribution < 1.29 is 5.21 Å². The highest BCUT2D eigenvalue weighted by atomic mass is 16.4. The quantitative estimate of drug-likeness (QED) is 0.164. The summed E-state index contributed by atoms with van der Waals surface area (Å²) in [7, 11) is 0. The molecule has 0 spiro atoms. The van der Waals surface area contributed by atoms with Crippen LogP contribution in [-0.4, -0.2) is 11.0 Å². The fraction of sp³-hybridized carbons (Fsp3) is 0. The van der Waals surface area contributed by atoms with Gasteiger partial charge in [0.05, 0.1) is 0 Å². The number of nitrogens with two attached hydrogens (primary N) is 2. The molecule has 0 saturated heterocycles. The Morgan fingerprint density at radius 2 is 1.92 bits per heavy atom. The summed E-state index contributed by atoms with van der Waals surface area (Å²) >= 11 is 0. The number of hydrazine groups is 1. The van der Waals surface area contributed by atoms with Crippen LogP contribution in [0, 0.1) is 0 Å². The molecule has 0 aliphatic carbocycles. The number of amidine groups is 1. The second-order valence-corrected chi connectivity index (χ2v) is 2.21. The van der Waals surface area contributed by atoms with Gasteiger partial charge >= 0.3 is 0 Å². The van der Waals surface area contributed by atoms with Gasteiger partial charge in [-0.2, -0.15) is 0 Å². The number of rotatable bonds is 2. The summed E-state index contributed by atoms with van der Waals surface area (Å²) in [5.41, 5.74) is 9.22. The Bertz CT molecular complexity index is 280. The van der Waals surface area contributed by atoms with Crippen LogP contribution in [0.1, 0.15) is 5.56 Å². The second-order valence-electron chi connectivity index (χ2n) is 2.21. The first-order valence-corrected chi connectivity index (χ1v) is 3.32. The molecule has 0 bridgehead atoms. The van der Waals surface area contributed by atoms with Crippen LogP contribution >= 0.6 is 0 Å². The van der Waals surface area contributed by atoms with Crippen molar-refractivity contribution in [2.24, 2.45) is 16.7 Å². The molecule has 0 aliphatic heterocycles. The van der Waals surface area contributed by atoms with Crippen LogP contribution in [0.3, 0.4) is 0 Å². The maximum Gasteiger partial charge on any atom is 0.170 e. The van der Waals surface area contributed by atoms with Gasteiger partial charge in [-0.05, 0) is 24.3 Å². The highest BCUT2D eigenvalue weighted by molar-refractivity contribution is 5.97. The second kappa shape index (κ2) is 3.59. The van der Waals surface area contributed by atoms with E-state index in [-0.39, 0.29) is 5.84 Å². The average Bonchev–Trinajstić information content (AvgIpc) is 2.17. The number of hydrogen-bond donors (Lipinski definition) is 4. The van der Waals surface area contributed by atoms with E-state index in [2.05, 4.69) is 10.6 Å². The van der Waals surface area contributed by atoms with Crippen molar-refractivity contribution in [3.8, 4) is 0 Å². The molecule has 0 saturated carbocycles. The highest BCUT2D eigenvalue weighted by Gasteiger charge is 1.96. The van der Waals surface area contributed by atoms with Crippen LogP contribution in [0.15, 0.2) is 29.4 Å². The Morgan fingerprint density at radius 3 is 2.33 bits per heavy atom. The van der Waals surface area contributed by atoms with Crippen molar-refractivity contribution in [3.05, 3.63) is 29.8 Å². The Balaban J connectivity index is 2.92. The third-order valence-electron chi connectivity index (χ3n) is 1.46. The highest BCUT2D eigenvalue weighted by Crippen LogP contribution is 2.07. The lowest BCUT2D eigenvalue weighted by Crippen LogP contribution is -2.13. The summed E-state index contributed by atoms with van der Waals surface area (Å²) in [5.74, 6) is 5.23. The first-order chi connectivity index (χ1) is 5.77. The fourth-order valence-electron chi connectivity index (χ4n) is 0.795. The van der Waals surface area contributed by atoms with Gasteiger partial charge in [0, 0.05) is 11.3 Å². The lowest BCUT2D eigenvalue weighted by atomic mass is 10.2. The molecule has 0 aromatic heterocycles. The maximum atomic E-state index is 8.34. The van der Waals surface area contributed by atoms with Gasteiger partial charge in [0.2, 0.25) is 0 Å². The zero-order valence-corrected chi connectivity index (χ0v) is 6.36. The molecule has 0 radical (unpaired) electrons. The Morgan fingerprint density at radius 1 is 1.33 bits per heavy atom. The largest absolute Gasteiger partial charge is 0.409 e. The number of nitrogen functional groups attached to an aromatic ring is 1. The predicted octanol–water partition coefficient (Wildman–Crippen LogP) is 0.0667. The van der Waals surface area contributed by atoms with Crippen LogP contribution in [0.5, 0.6) is 0 Å². The van der Waals surface area contributed by atoms with Crippen LogP contribution in [-0.2, 0) is 0 Å². The summed E-state index contributed by atoms with van der Waals surface area (Å²) < 4.78 is 0. The zero-order valence-electron chi connectivity index (χ0n) is 6.36. The molecule has 5 heteroatoms. The van der Waals surface area contributed by atoms with Gasteiger partial charge in [-0.15, -0.1) is 0 Å². The third-order valence-corrected chi connectivity index (χ3v) is 1.46. The van der Waals surface area contributed by atoms with E-state index < -0.39 is 0 Å². The topological polar surface area (TPSA) is 96.7 Å². The predicted molar refractivity (Wildman–Crippen MR) is 46.8 cm³/mol. The van der Waals surface area contributed by atoms with E-state index in [0.717, 1.165) is 5.69 Å². The number of oxime groups is 1. The molecule has 0 amide bonds. The van der Waals surface area contributed by atoms with Gasteiger partial charge in [0.25, 0.3) is 0 Å². The van der Waals surface area contributed by atoms with Crippen LogP contribution in [0.2, 0.25) is 0 Å². The van der Waals surface area contributed by atoms with E-state index in [0.29, 0.717) is 5.56 Å². The molecule has 12 heavy (non-hydrogen) atoms. The molecular formula is C7H10N4O. The monoisotopic (exact) mass is 166 g/mol. The van der Waals surface area contributed by atoms with Crippen molar-refractivity contribution in [1.29, 1.82) is 0 Å². The van der Waals surface area contributed by atoms with Gasteiger partial charge < -0.3 is 16.4 Å². The Labute approximate surface area is 69.6 Å². The van der Waals surface area contributed by atoms with Crippen molar-refractivity contribution in [1.82, 2.24) is 0 Å². The molecule has 64 valence electrons. The minimum absolute atomic E-state index is 0.0820. The van der Waals surface area contributed by atoms with Crippen molar-refractivity contribution in [2.45, 2.75) is 0 Å². The molecule has 0 fully saturated rings. The molecule has 1 aromatic rings. The van der Waals surface area contributed by atoms with E-state index >= 15 is 0 Å². The summed E-state index contributed by atoms with van der Waals surface area (Å²) in [6, 6.07) is 6.86. The number of benzene rings is 1. The van der Waals surface area contributed by atoms with Gasteiger partial charge in [-0.25, -0.2) is 0 Å². The van der Waals surface area contributed by atoms with E-state index in [1.165, 1.54) is 0 Å². The molecule has 0 unspecified atom stereocenters. The first kappa shape index (κ1) is 8.35. The standard InChI is InChI=1S/C7H10N4O/c8-7(11-12)5-1-3-6(10-9)4-2-5/h1-4,10,12H,9H2,(H2,8,11). The van der Waals surface area contributed by atoms with E-state index in [9.17, 15) is 0 Å². The minimum atomic E-state index is 0.0820. The first-order valence-electron chi connectivity index (χ1n) is 3.32. The molecule has 1 rings (SSSR count). The van der Waals surface area contributed by atoms with E-state index in [1.807, 2.05) is 0 Å². The third kappa shape index (κ3) is 1.64. The average molecular weight is 166 g/mol. The molecule has 5 nitrogen and oxygen atoms in total. The molecule has 0 atom stereocenters. The lowest BCUT2D eigenvalue weighted by Gasteiger charge is -2.00. The number of nitrogens with zero attached hydrogens (tertiary/aromatic N) is 1. The fourth-order valence-corrected chi connectivity index (χ4v) is 0.795. The van der Waals surface area contributed by atoms with Gasteiger partial charge in [-0.3, -0.25) is 5.84 Å². The molecule has 0 heterocycles. The van der Waals surface area contributed by atoms with Crippen molar-refractivity contribution in [2.75, 3.05) is 5.43 Å². The number of nitrogens with one attached hydrogen (secondary N) is 1. The molecule has 0 aliphatic rings.